The van der Waals surface area contributed by atoms with E-state index in [4.69, 9.17) is 0 Å². The van der Waals surface area contributed by atoms with Crippen molar-refractivity contribution in [3.63, 3.8) is 0 Å². The maximum absolute atomic E-state index is 10.1. The number of hydrogen-bond donors (Lipinski definition) is 1. The molecule has 0 fully saturated rings. The zero-order valence-corrected chi connectivity index (χ0v) is 4.16. The lowest BCUT2D eigenvalue weighted by molar-refractivity contribution is -0.117. The molecule has 0 aliphatic carbocycles. The van der Waals surface area contributed by atoms with Crippen LogP contribution in [0.1, 0.15) is 0 Å². The van der Waals surface area contributed by atoms with E-state index < -0.39 is 0 Å². The number of carbonyl (C=O) groups is 1. The summed E-state index contributed by atoms with van der Waals surface area (Å²) in [5, 5.41) is 3.43. The van der Waals surface area contributed by atoms with Crippen molar-refractivity contribution in [3.8, 4) is 0 Å². The number of nitrogens with zero attached hydrogens (tertiary/aromatic N) is 1. The summed E-state index contributed by atoms with van der Waals surface area (Å²) >= 11 is 1.15. The molecule has 1 amide bonds. The van der Waals surface area contributed by atoms with E-state index in [1.807, 2.05) is 0 Å². The summed E-state index contributed by atoms with van der Waals surface area (Å²) in [5.41, 5.74) is 3.68. The summed E-state index contributed by atoms with van der Waals surface area (Å²) in [5.74, 6) is 2.13. The Morgan fingerprint density at radius 2 is 2.86 bits per heavy atom. The Balaban J connectivity index is 2.47. The highest BCUT2D eigenvalue weighted by Gasteiger charge is 2.02. The number of rotatable bonds is 0. The lowest BCUT2D eigenvalue weighted by atomic mass is 10.7. The highest BCUT2D eigenvalue weighted by atomic mass is 32.2. The molecule has 0 bridgehead atoms. The van der Waals surface area contributed by atoms with Crippen molar-refractivity contribution in [2.45, 2.75) is 0 Å². The maximum Gasteiger partial charge on any atom is 0.260 e. The first kappa shape index (κ1) is 4.64. The van der Waals surface area contributed by atoms with Crippen molar-refractivity contribution in [2.75, 3.05) is 0 Å². The fourth-order valence-corrected chi connectivity index (χ4v) is 0.525. The average Bonchev–Trinajstić information content (AvgIpc) is 1.69. The third-order valence-electron chi connectivity index (χ3n) is 0.423. The molecule has 0 spiro atoms. The van der Waals surface area contributed by atoms with Crippen LogP contribution in [0.25, 0.3) is 0 Å². The molecule has 1 rings (SSSR count). The van der Waals surface area contributed by atoms with Gasteiger partial charge >= 0.3 is 0 Å². The molecule has 4 heteroatoms. The minimum atomic E-state index is -0.271. The van der Waals surface area contributed by atoms with E-state index >= 15 is 0 Å². The standard InChI is InChI=1S/C3H2N2OS/c6-3-1-7-2-4-5-3/h2H,(H,5,6). The Bertz CT molecular complexity index is 112. The van der Waals surface area contributed by atoms with Crippen molar-refractivity contribution in [1.29, 1.82) is 0 Å². The molecular weight excluding hydrogens is 112 g/mol. The van der Waals surface area contributed by atoms with Crippen LogP contribution in [0, 0.1) is 5.75 Å². The minimum Gasteiger partial charge on any atom is -0.271 e. The molecule has 0 saturated carbocycles. The van der Waals surface area contributed by atoms with Gasteiger partial charge in [0.1, 0.15) is 0 Å². The summed E-state index contributed by atoms with van der Waals surface area (Å²) in [4.78, 5) is 10.1. The lowest BCUT2D eigenvalue weighted by Crippen LogP contribution is -2.18. The maximum atomic E-state index is 10.1. The van der Waals surface area contributed by atoms with Gasteiger partial charge in [0.2, 0.25) is 0 Å². The van der Waals surface area contributed by atoms with E-state index in [-0.39, 0.29) is 5.91 Å². The van der Waals surface area contributed by atoms with Gasteiger partial charge in [-0.2, -0.15) is 5.10 Å². The normalized spacial score (nSPS) is 19.1. The van der Waals surface area contributed by atoms with Gasteiger partial charge in [-0.25, -0.2) is 5.43 Å². The summed E-state index contributed by atoms with van der Waals surface area (Å²) < 4.78 is 0. The fraction of sp³-hybridized carbons (Fsp3) is 0. The van der Waals surface area contributed by atoms with Gasteiger partial charge in [0.15, 0.2) is 5.75 Å². The minimum absolute atomic E-state index is 0.271. The zero-order chi connectivity index (χ0) is 5.11. The number of thioether (sulfide) groups is 1. The molecule has 2 radical (unpaired) electrons. The van der Waals surface area contributed by atoms with E-state index in [2.05, 4.69) is 16.3 Å². The van der Waals surface area contributed by atoms with Gasteiger partial charge in [0, 0.05) is 0 Å². The van der Waals surface area contributed by atoms with E-state index in [9.17, 15) is 4.79 Å². The lowest BCUT2D eigenvalue weighted by Gasteiger charge is -1.98. The second kappa shape index (κ2) is 1.97. The van der Waals surface area contributed by atoms with Gasteiger partial charge in [0.25, 0.3) is 5.91 Å². The molecule has 0 aromatic carbocycles. The van der Waals surface area contributed by atoms with Gasteiger partial charge in [0.05, 0.1) is 5.55 Å². The van der Waals surface area contributed by atoms with Crippen LogP contribution in [-0.4, -0.2) is 11.5 Å². The summed E-state index contributed by atoms with van der Waals surface area (Å²) in [7, 11) is 0. The highest BCUT2D eigenvalue weighted by Crippen LogP contribution is 2.02. The van der Waals surface area contributed by atoms with Gasteiger partial charge < -0.3 is 0 Å². The Morgan fingerprint density at radius 1 is 2.00 bits per heavy atom. The van der Waals surface area contributed by atoms with Crippen LogP contribution >= 0.6 is 11.8 Å². The van der Waals surface area contributed by atoms with Crippen molar-refractivity contribution in [3.05, 3.63) is 5.75 Å². The monoisotopic (exact) mass is 114 g/mol. The molecule has 1 heterocycles. The predicted molar refractivity (Wildman–Crippen MR) is 27.5 cm³/mol. The van der Waals surface area contributed by atoms with Crippen LogP contribution in [-0.2, 0) is 4.79 Å². The summed E-state index contributed by atoms with van der Waals surface area (Å²) in [6.07, 6.45) is 0. The van der Waals surface area contributed by atoms with Crippen LogP contribution < -0.4 is 5.43 Å². The predicted octanol–water partition coefficient (Wildman–Crippen LogP) is -0.169. The van der Waals surface area contributed by atoms with E-state index in [1.165, 1.54) is 5.55 Å². The second-order valence-electron chi connectivity index (χ2n) is 0.895. The molecule has 0 aromatic heterocycles. The Kier molecular flexibility index (Phi) is 1.31. The van der Waals surface area contributed by atoms with Crippen LogP contribution in [0.2, 0.25) is 0 Å². The molecule has 3 nitrogen and oxygen atoms in total. The number of hydrogen-bond acceptors (Lipinski definition) is 3. The first-order valence-electron chi connectivity index (χ1n) is 1.63. The van der Waals surface area contributed by atoms with Crippen LogP contribution in [0.4, 0.5) is 0 Å². The molecule has 0 unspecified atom stereocenters. The summed E-state index contributed by atoms with van der Waals surface area (Å²) in [6, 6.07) is 0. The van der Waals surface area contributed by atoms with E-state index in [1.54, 1.807) is 0 Å². The highest BCUT2D eigenvalue weighted by molar-refractivity contribution is 8.14. The third kappa shape index (κ3) is 1.19. The quantitative estimate of drug-likeness (QED) is 0.475. The topological polar surface area (TPSA) is 41.5 Å². The molecule has 1 N–H and O–H groups in total. The number of hydrazone groups is 1. The number of amides is 1. The second-order valence-corrected chi connectivity index (χ2v) is 1.55. The molecule has 0 aromatic rings. The average molecular weight is 114 g/mol. The first-order chi connectivity index (χ1) is 3.39. The Labute approximate surface area is 45.2 Å². The molecule has 0 saturated heterocycles. The largest absolute Gasteiger partial charge is 0.271 e. The van der Waals surface area contributed by atoms with Gasteiger partial charge in [-0.05, 0) is 0 Å². The fourth-order valence-electron chi connectivity index (χ4n) is 0.214. The SMILES string of the molecule is O=C1[C]SC=NN1. The third-order valence-corrected chi connectivity index (χ3v) is 0.937. The van der Waals surface area contributed by atoms with Gasteiger partial charge in [-0.1, -0.05) is 11.8 Å². The van der Waals surface area contributed by atoms with Crippen LogP contribution in [0.15, 0.2) is 5.10 Å². The smallest absolute Gasteiger partial charge is 0.260 e. The first-order valence-corrected chi connectivity index (χ1v) is 2.51. The van der Waals surface area contributed by atoms with Crippen LogP contribution in [0.3, 0.4) is 0 Å². The van der Waals surface area contributed by atoms with Gasteiger partial charge in [-0.3, -0.25) is 4.79 Å². The van der Waals surface area contributed by atoms with Crippen molar-refractivity contribution in [2.24, 2.45) is 5.10 Å². The van der Waals surface area contributed by atoms with Crippen molar-refractivity contribution < 1.29 is 4.79 Å². The Hall–Kier alpha value is -0.510. The zero-order valence-electron chi connectivity index (χ0n) is 3.34. The molecule has 0 atom stereocenters. The van der Waals surface area contributed by atoms with Crippen molar-refractivity contribution in [1.82, 2.24) is 5.43 Å². The molecular formula is C3H2N2OS. The Morgan fingerprint density at radius 3 is 3.14 bits per heavy atom. The van der Waals surface area contributed by atoms with E-state index in [0.29, 0.717) is 0 Å². The van der Waals surface area contributed by atoms with Crippen LogP contribution in [0.5, 0.6) is 0 Å². The molecule has 7 heavy (non-hydrogen) atoms. The van der Waals surface area contributed by atoms with Gasteiger partial charge in [-0.15, -0.1) is 0 Å². The molecule has 1 aliphatic rings. The molecule has 1 aliphatic heterocycles. The van der Waals surface area contributed by atoms with E-state index in [0.717, 1.165) is 11.8 Å². The number of carbonyl (C=O) groups excluding carboxylic acids is 1. The molecule has 36 valence electrons. The summed E-state index contributed by atoms with van der Waals surface area (Å²) in [6.45, 7) is 0. The number of nitrogens with one attached hydrogen (secondary N) is 1. The van der Waals surface area contributed by atoms with Crippen molar-refractivity contribution >= 4 is 23.2 Å².